The minimum atomic E-state index is -0.384. The van der Waals surface area contributed by atoms with Crippen LogP contribution >= 0.6 is 0 Å². The first kappa shape index (κ1) is 16.8. The fourth-order valence-corrected chi connectivity index (χ4v) is 4.16. The zero-order valence-corrected chi connectivity index (χ0v) is 14.6. The highest BCUT2D eigenvalue weighted by molar-refractivity contribution is 5.96. The molecule has 1 aromatic heterocycles. The van der Waals surface area contributed by atoms with Gasteiger partial charge in [-0.3, -0.25) is 19.9 Å². The Kier molecular flexibility index (Phi) is 4.44. The number of non-ortho nitro benzene ring substituents is 1. The van der Waals surface area contributed by atoms with Gasteiger partial charge in [-0.15, -0.1) is 0 Å². The van der Waals surface area contributed by atoms with Crippen LogP contribution in [-0.4, -0.2) is 39.8 Å². The van der Waals surface area contributed by atoms with E-state index in [0.717, 1.165) is 44.3 Å². The molecule has 0 bridgehead atoms. The van der Waals surface area contributed by atoms with Gasteiger partial charge >= 0.3 is 0 Å². The zero-order valence-electron chi connectivity index (χ0n) is 14.6. The number of nitrogens with one attached hydrogen (secondary N) is 1. The summed E-state index contributed by atoms with van der Waals surface area (Å²) in [5.41, 5.74) is 1.44. The van der Waals surface area contributed by atoms with E-state index in [-0.39, 0.29) is 22.6 Å². The molecule has 1 saturated heterocycles. The molecule has 0 radical (unpaired) electrons. The Hall–Kier alpha value is -2.70. The molecule has 4 rings (SSSR count). The molecular weight excluding hydrogens is 332 g/mol. The van der Waals surface area contributed by atoms with Gasteiger partial charge < -0.3 is 10.2 Å². The second kappa shape index (κ2) is 6.90. The maximum atomic E-state index is 12.6. The molecule has 2 heterocycles. The lowest BCUT2D eigenvalue weighted by Gasteiger charge is -2.21. The Morgan fingerprint density at radius 1 is 1.23 bits per heavy atom. The number of amides is 1. The molecule has 2 aliphatic rings. The van der Waals surface area contributed by atoms with Crippen molar-refractivity contribution in [3.8, 4) is 0 Å². The van der Waals surface area contributed by atoms with Gasteiger partial charge in [0, 0.05) is 37.3 Å². The molecule has 0 spiro atoms. The lowest BCUT2D eigenvalue weighted by atomic mass is 10.1. The summed E-state index contributed by atoms with van der Waals surface area (Å²) in [6.07, 6.45) is 6.87. The van der Waals surface area contributed by atoms with Crippen LogP contribution in [-0.2, 0) is 4.79 Å². The van der Waals surface area contributed by atoms with Crippen LogP contribution in [0.2, 0.25) is 0 Å². The van der Waals surface area contributed by atoms with Crippen molar-refractivity contribution in [3.05, 3.63) is 40.6 Å². The molecular formula is C19H22N4O3. The van der Waals surface area contributed by atoms with Crippen molar-refractivity contribution in [1.82, 2.24) is 9.88 Å². The van der Waals surface area contributed by atoms with E-state index in [9.17, 15) is 14.9 Å². The predicted molar refractivity (Wildman–Crippen MR) is 99.0 cm³/mol. The Morgan fingerprint density at radius 2 is 2.04 bits per heavy atom. The molecule has 26 heavy (non-hydrogen) atoms. The summed E-state index contributed by atoms with van der Waals surface area (Å²) in [5, 5.41) is 15.2. The first-order chi connectivity index (χ1) is 12.6. The van der Waals surface area contributed by atoms with E-state index in [2.05, 4.69) is 10.3 Å². The molecule has 1 amide bonds. The van der Waals surface area contributed by atoms with Gasteiger partial charge in [0.1, 0.15) is 5.52 Å². The van der Waals surface area contributed by atoms with Crippen LogP contribution in [0.15, 0.2) is 30.5 Å². The number of nitro benzene ring substituents is 1. The zero-order chi connectivity index (χ0) is 18.1. The first-order valence-electron chi connectivity index (χ1n) is 9.21. The third-order valence-corrected chi connectivity index (χ3v) is 5.51. The number of hydrogen-bond acceptors (Lipinski definition) is 5. The Balaban J connectivity index is 1.51. The highest BCUT2D eigenvalue weighted by atomic mass is 16.6. The van der Waals surface area contributed by atoms with Crippen LogP contribution in [0.25, 0.3) is 10.9 Å². The lowest BCUT2D eigenvalue weighted by Crippen LogP contribution is -2.35. The molecule has 1 saturated carbocycles. The van der Waals surface area contributed by atoms with Crippen LogP contribution in [0.5, 0.6) is 0 Å². The van der Waals surface area contributed by atoms with Crippen molar-refractivity contribution in [2.24, 2.45) is 5.92 Å². The van der Waals surface area contributed by atoms with Crippen LogP contribution in [0.3, 0.4) is 0 Å². The summed E-state index contributed by atoms with van der Waals surface area (Å²) >= 11 is 0. The molecule has 136 valence electrons. The number of nitro groups is 1. The highest BCUT2D eigenvalue weighted by Crippen LogP contribution is 2.32. The summed E-state index contributed by atoms with van der Waals surface area (Å²) in [4.78, 5) is 29.7. The molecule has 1 aliphatic carbocycles. The van der Waals surface area contributed by atoms with Crippen molar-refractivity contribution in [2.45, 2.75) is 38.1 Å². The number of pyridine rings is 1. The van der Waals surface area contributed by atoms with E-state index in [1.807, 2.05) is 4.90 Å². The SMILES string of the molecule is O=C(C1CCCC1)N1CCC(Nc2ccc([N+](=O)[O-])c3cccnc23)C1. The summed E-state index contributed by atoms with van der Waals surface area (Å²) in [6, 6.07) is 6.80. The topological polar surface area (TPSA) is 88.4 Å². The van der Waals surface area contributed by atoms with E-state index < -0.39 is 0 Å². The van der Waals surface area contributed by atoms with Crippen molar-refractivity contribution >= 4 is 28.2 Å². The number of anilines is 1. The lowest BCUT2D eigenvalue weighted by molar-refractivity contribution is -0.383. The smallest absolute Gasteiger partial charge is 0.278 e. The molecule has 2 aromatic rings. The second-order valence-corrected chi connectivity index (χ2v) is 7.18. The van der Waals surface area contributed by atoms with Gasteiger partial charge in [0.15, 0.2) is 0 Å². The van der Waals surface area contributed by atoms with Gasteiger partial charge in [-0.25, -0.2) is 0 Å². The number of nitrogens with zero attached hydrogens (tertiary/aromatic N) is 3. The molecule has 1 aliphatic heterocycles. The number of benzene rings is 1. The number of hydrogen-bond donors (Lipinski definition) is 1. The maximum absolute atomic E-state index is 12.6. The number of carbonyl (C=O) groups is 1. The third kappa shape index (κ3) is 3.09. The molecule has 1 aromatic carbocycles. The van der Waals surface area contributed by atoms with E-state index in [4.69, 9.17) is 0 Å². The van der Waals surface area contributed by atoms with Gasteiger partial charge in [0.2, 0.25) is 5.91 Å². The second-order valence-electron chi connectivity index (χ2n) is 7.18. The van der Waals surface area contributed by atoms with Crippen LogP contribution in [0.4, 0.5) is 11.4 Å². The van der Waals surface area contributed by atoms with Crippen molar-refractivity contribution < 1.29 is 9.72 Å². The average molecular weight is 354 g/mol. The van der Waals surface area contributed by atoms with Gasteiger partial charge in [-0.1, -0.05) is 12.8 Å². The standard InChI is InChI=1S/C19H22N4O3/c24-19(13-4-1-2-5-13)22-11-9-14(12-22)21-16-7-8-17(23(25)26)15-6-3-10-20-18(15)16/h3,6-8,10,13-14,21H,1-2,4-5,9,11-12H2. The summed E-state index contributed by atoms with van der Waals surface area (Å²) < 4.78 is 0. The monoisotopic (exact) mass is 354 g/mol. The Morgan fingerprint density at radius 3 is 2.81 bits per heavy atom. The summed E-state index contributed by atoms with van der Waals surface area (Å²) in [7, 11) is 0. The van der Waals surface area contributed by atoms with Crippen LogP contribution in [0.1, 0.15) is 32.1 Å². The summed E-state index contributed by atoms with van der Waals surface area (Å²) in [6.45, 7) is 1.45. The molecule has 7 heteroatoms. The largest absolute Gasteiger partial charge is 0.379 e. The minimum Gasteiger partial charge on any atom is -0.379 e. The number of carbonyl (C=O) groups excluding carboxylic acids is 1. The van der Waals surface area contributed by atoms with Gasteiger partial charge in [-0.05, 0) is 37.5 Å². The minimum absolute atomic E-state index is 0.0584. The predicted octanol–water partition coefficient (Wildman–Crippen LogP) is 3.35. The molecule has 7 nitrogen and oxygen atoms in total. The van der Waals surface area contributed by atoms with Crippen LogP contribution in [0, 0.1) is 16.0 Å². The van der Waals surface area contributed by atoms with Crippen molar-refractivity contribution in [3.63, 3.8) is 0 Å². The molecule has 1 N–H and O–H groups in total. The average Bonchev–Trinajstić information content (AvgIpc) is 3.33. The number of fused-ring (bicyclic) bond motifs is 1. The van der Waals surface area contributed by atoms with Gasteiger partial charge in [0.25, 0.3) is 5.69 Å². The van der Waals surface area contributed by atoms with E-state index in [1.165, 1.54) is 6.07 Å². The third-order valence-electron chi connectivity index (χ3n) is 5.51. The van der Waals surface area contributed by atoms with Crippen molar-refractivity contribution in [2.75, 3.05) is 18.4 Å². The highest BCUT2D eigenvalue weighted by Gasteiger charge is 2.32. The fraction of sp³-hybridized carbons (Fsp3) is 0.474. The van der Waals surface area contributed by atoms with E-state index in [0.29, 0.717) is 23.4 Å². The number of likely N-dealkylation sites (tertiary alicyclic amines) is 1. The Bertz CT molecular complexity index is 848. The Labute approximate surface area is 151 Å². The van der Waals surface area contributed by atoms with Crippen molar-refractivity contribution in [1.29, 1.82) is 0 Å². The normalized spacial score (nSPS) is 20.6. The quantitative estimate of drug-likeness (QED) is 0.672. The van der Waals surface area contributed by atoms with Crippen LogP contribution < -0.4 is 5.32 Å². The number of aromatic nitrogens is 1. The maximum Gasteiger partial charge on any atom is 0.278 e. The van der Waals surface area contributed by atoms with E-state index in [1.54, 1.807) is 24.4 Å². The summed E-state index contributed by atoms with van der Waals surface area (Å²) in [5.74, 6) is 0.495. The van der Waals surface area contributed by atoms with Gasteiger partial charge in [-0.2, -0.15) is 0 Å². The molecule has 1 atom stereocenters. The number of rotatable bonds is 4. The fourth-order valence-electron chi connectivity index (χ4n) is 4.16. The first-order valence-corrected chi connectivity index (χ1v) is 9.21. The molecule has 2 fully saturated rings. The molecule has 1 unspecified atom stereocenters. The van der Waals surface area contributed by atoms with Gasteiger partial charge in [0.05, 0.1) is 16.0 Å². The van der Waals surface area contributed by atoms with E-state index >= 15 is 0 Å².